The predicted molar refractivity (Wildman–Crippen MR) is 79.0 cm³/mol. The quantitative estimate of drug-likeness (QED) is 0.877. The highest BCUT2D eigenvalue weighted by molar-refractivity contribution is 7.89. The van der Waals surface area contributed by atoms with Crippen LogP contribution in [0.2, 0.25) is 0 Å². The number of sulfonamides is 1. The first-order chi connectivity index (χ1) is 9.77. The second-order valence-electron chi connectivity index (χ2n) is 4.97. The van der Waals surface area contributed by atoms with E-state index in [1.807, 2.05) is 26.8 Å². The van der Waals surface area contributed by atoms with Gasteiger partial charge in [0, 0.05) is 6.04 Å². The van der Waals surface area contributed by atoms with Gasteiger partial charge < -0.3 is 9.73 Å². The standard InChI is InChI=1S/C14H19N3O3S/c1-9-11(3)20-14(17-9)8-16-10(2)12-5-4-6-13(7-12)21(15,18)19/h4-7,10,16H,8H2,1-3H3,(H2,15,18,19). The average Bonchev–Trinajstić information content (AvgIpc) is 2.74. The largest absolute Gasteiger partial charge is 0.444 e. The number of aromatic nitrogens is 1. The van der Waals surface area contributed by atoms with Crippen molar-refractivity contribution >= 4 is 10.0 Å². The van der Waals surface area contributed by atoms with Crippen LogP contribution in [0.3, 0.4) is 0 Å². The van der Waals surface area contributed by atoms with Crippen molar-refractivity contribution in [1.82, 2.24) is 10.3 Å². The lowest BCUT2D eigenvalue weighted by Crippen LogP contribution is -2.19. The molecule has 2 rings (SSSR count). The fraction of sp³-hybridized carbons (Fsp3) is 0.357. The molecular weight excluding hydrogens is 290 g/mol. The second kappa shape index (κ2) is 5.97. The Hall–Kier alpha value is -1.70. The van der Waals surface area contributed by atoms with E-state index in [1.54, 1.807) is 12.1 Å². The first kappa shape index (κ1) is 15.7. The Morgan fingerprint density at radius 2 is 2.10 bits per heavy atom. The number of hydrogen-bond donors (Lipinski definition) is 2. The molecule has 0 radical (unpaired) electrons. The minimum absolute atomic E-state index is 0.0563. The highest BCUT2D eigenvalue weighted by atomic mass is 32.2. The maximum Gasteiger partial charge on any atom is 0.238 e. The normalized spacial score (nSPS) is 13.3. The van der Waals surface area contributed by atoms with Crippen molar-refractivity contribution in [2.75, 3.05) is 0 Å². The third kappa shape index (κ3) is 3.90. The topological polar surface area (TPSA) is 98.2 Å². The Labute approximate surface area is 124 Å². The van der Waals surface area contributed by atoms with Gasteiger partial charge in [0.25, 0.3) is 0 Å². The summed E-state index contributed by atoms with van der Waals surface area (Å²) in [6, 6.07) is 6.51. The van der Waals surface area contributed by atoms with Crippen molar-refractivity contribution in [3.05, 3.63) is 47.2 Å². The van der Waals surface area contributed by atoms with E-state index in [0.717, 1.165) is 17.0 Å². The summed E-state index contributed by atoms with van der Waals surface area (Å²) in [5.74, 6) is 1.41. The summed E-state index contributed by atoms with van der Waals surface area (Å²) < 4.78 is 28.2. The summed E-state index contributed by atoms with van der Waals surface area (Å²) in [6.07, 6.45) is 0. The van der Waals surface area contributed by atoms with Gasteiger partial charge in [-0.25, -0.2) is 18.5 Å². The zero-order valence-corrected chi connectivity index (χ0v) is 13.1. The molecule has 0 aliphatic rings. The monoisotopic (exact) mass is 309 g/mol. The van der Waals surface area contributed by atoms with Gasteiger partial charge in [-0.2, -0.15) is 0 Å². The van der Waals surface area contributed by atoms with E-state index < -0.39 is 10.0 Å². The fourth-order valence-electron chi connectivity index (χ4n) is 1.93. The van der Waals surface area contributed by atoms with Crippen LogP contribution in [0.4, 0.5) is 0 Å². The summed E-state index contributed by atoms with van der Waals surface area (Å²) >= 11 is 0. The van der Waals surface area contributed by atoms with E-state index in [4.69, 9.17) is 9.56 Å². The lowest BCUT2D eigenvalue weighted by atomic mass is 10.1. The van der Waals surface area contributed by atoms with Crippen molar-refractivity contribution in [3.8, 4) is 0 Å². The van der Waals surface area contributed by atoms with Crippen LogP contribution < -0.4 is 10.5 Å². The van der Waals surface area contributed by atoms with Crippen LogP contribution in [0.1, 0.15) is 35.9 Å². The Kier molecular flexibility index (Phi) is 4.46. The molecule has 7 heteroatoms. The van der Waals surface area contributed by atoms with Crippen LogP contribution in [0, 0.1) is 13.8 Å². The SMILES string of the molecule is Cc1nc(CNC(C)c2cccc(S(N)(=O)=O)c2)oc1C. The average molecular weight is 309 g/mol. The summed E-state index contributed by atoms with van der Waals surface area (Å²) in [6.45, 7) is 6.16. The van der Waals surface area contributed by atoms with Crippen molar-refractivity contribution < 1.29 is 12.8 Å². The third-order valence-electron chi connectivity index (χ3n) is 3.32. The van der Waals surface area contributed by atoms with Crippen LogP contribution in [0.5, 0.6) is 0 Å². The van der Waals surface area contributed by atoms with Crippen LogP contribution in [0.25, 0.3) is 0 Å². The Bertz CT molecular complexity index is 718. The van der Waals surface area contributed by atoms with Crippen LogP contribution >= 0.6 is 0 Å². The summed E-state index contributed by atoms with van der Waals surface area (Å²) in [5.41, 5.74) is 1.71. The fourth-order valence-corrected chi connectivity index (χ4v) is 2.50. The molecule has 0 fully saturated rings. The Morgan fingerprint density at radius 3 is 2.67 bits per heavy atom. The van der Waals surface area contributed by atoms with Crippen LogP contribution in [-0.2, 0) is 16.6 Å². The van der Waals surface area contributed by atoms with Crippen molar-refractivity contribution in [3.63, 3.8) is 0 Å². The smallest absolute Gasteiger partial charge is 0.238 e. The van der Waals surface area contributed by atoms with Gasteiger partial charge >= 0.3 is 0 Å². The number of nitrogens with one attached hydrogen (secondary N) is 1. The molecule has 0 saturated heterocycles. The van der Waals surface area contributed by atoms with E-state index in [9.17, 15) is 8.42 Å². The van der Waals surface area contributed by atoms with E-state index in [1.165, 1.54) is 6.07 Å². The molecule has 0 spiro atoms. The second-order valence-corrected chi connectivity index (χ2v) is 6.53. The van der Waals surface area contributed by atoms with Gasteiger partial charge in [-0.1, -0.05) is 12.1 Å². The molecule has 2 aromatic rings. The van der Waals surface area contributed by atoms with Crippen molar-refractivity contribution in [1.29, 1.82) is 0 Å². The van der Waals surface area contributed by atoms with E-state index >= 15 is 0 Å². The lowest BCUT2D eigenvalue weighted by Gasteiger charge is -2.13. The first-order valence-corrected chi connectivity index (χ1v) is 8.11. The molecule has 3 N–H and O–H groups in total. The van der Waals surface area contributed by atoms with E-state index in [0.29, 0.717) is 12.4 Å². The third-order valence-corrected chi connectivity index (χ3v) is 4.23. The predicted octanol–water partition coefficient (Wildman–Crippen LogP) is 1.79. The number of primary sulfonamides is 1. The van der Waals surface area contributed by atoms with Gasteiger partial charge in [0.1, 0.15) is 5.76 Å². The summed E-state index contributed by atoms with van der Waals surface area (Å²) in [4.78, 5) is 4.40. The number of nitrogens with zero attached hydrogens (tertiary/aromatic N) is 1. The lowest BCUT2D eigenvalue weighted by molar-refractivity contribution is 0.432. The van der Waals surface area contributed by atoms with Crippen LogP contribution in [0.15, 0.2) is 33.6 Å². The molecular formula is C14H19N3O3S. The van der Waals surface area contributed by atoms with Gasteiger partial charge in [0.15, 0.2) is 0 Å². The number of benzene rings is 1. The maximum atomic E-state index is 11.4. The minimum atomic E-state index is -3.69. The molecule has 1 aromatic heterocycles. The van der Waals surface area contributed by atoms with E-state index in [-0.39, 0.29) is 10.9 Å². The molecule has 1 heterocycles. The molecule has 0 aliphatic carbocycles. The maximum absolute atomic E-state index is 11.4. The minimum Gasteiger partial charge on any atom is -0.444 e. The number of aryl methyl sites for hydroxylation is 2. The van der Waals surface area contributed by atoms with Gasteiger partial charge in [-0.3, -0.25) is 0 Å². The molecule has 21 heavy (non-hydrogen) atoms. The van der Waals surface area contributed by atoms with Crippen LogP contribution in [-0.4, -0.2) is 13.4 Å². The summed E-state index contributed by atoms with van der Waals surface area (Å²) in [7, 11) is -3.69. The number of rotatable bonds is 5. The molecule has 1 unspecified atom stereocenters. The number of hydrogen-bond acceptors (Lipinski definition) is 5. The molecule has 114 valence electrons. The number of nitrogens with two attached hydrogens (primary N) is 1. The van der Waals surface area contributed by atoms with Crippen molar-refractivity contribution in [2.24, 2.45) is 5.14 Å². The Balaban J connectivity index is 2.08. The molecule has 0 bridgehead atoms. The zero-order valence-electron chi connectivity index (χ0n) is 12.3. The highest BCUT2D eigenvalue weighted by Gasteiger charge is 2.12. The van der Waals surface area contributed by atoms with Gasteiger partial charge in [0.2, 0.25) is 15.9 Å². The molecule has 0 saturated carbocycles. The molecule has 1 aromatic carbocycles. The molecule has 1 atom stereocenters. The van der Waals surface area contributed by atoms with Gasteiger partial charge in [0.05, 0.1) is 17.1 Å². The van der Waals surface area contributed by atoms with E-state index in [2.05, 4.69) is 10.3 Å². The summed E-state index contributed by atoms with van der Waals surface area (Å²) in [5, 5.41) is 8.38. The Morgan fingerprint density at radius 1 is 1.38 bits per heavy atom. The highest BCUT2D eigenvalue weighted by Crippen LogP contribution is 2.17. The zero-order chi connectivity index (χ0) is 15.6. The molecule has 0 amide bonds. The molecule has 0 aliphatic heterocycles. The van der Waals surface area contributed by atoms with Gasteiger partial charge in [-0.05, 0) is 38.5 Å². The van der Waals surface area contributed by atoms with Crippen molar-refractivity contribution in [2.45, 2.75) is 38.3 Å². The van der Waals surface area contributed by atoms with Gasteiger partial charge in [-0.15, -0.1) is 0 Å². The first-order valence-electron chi connectivity index (χ1n) is 6.56. The molecule has 6 nitrogen and oxygen atoms in total. The number of oxazole rings is 1.